The van der Waals surface area contributed by atoms with Gasteiger partial charge < -0.3 is 14.8 Å². The summed E-state index contributed by atoms with van der Waals surface area (Å²) in [5.74, 6) is 1.08. The molecule has 0 aliphatic carbocycles. The number of anilines is 1. The Morgan fingerprint density at radius 3 is 2.48 bits per heavy atom. The van der Waals surface area contributed by atoms with Gasteiger partial charge in [0.25, 0.3) is 5.91 Å². The van der Waals surface area contributed by atoms with E-state index in [4.69, 9.17) is 4.98 Å². The molecule has 1 amide bonds. The lowest BCUT2D eigenvalue weighted by Gasteiger charge is -2.34. The normalized spacial score (nSPS) is 15.0. The van der Waals surface area contributed by atoms with E-state index in [0.717, 1.165) is 49.4 Å². The fourth-order valence-electron chi connectivity index (χ4n) is 4.46. The van der Waals surface area contributed by atoms with Crippen LogP contribution in [0.5, 0.6) is 0 Å². The van der Waals surface area contributed by atoms with Crippen LogP contribution in [-0.2, 0) is 6.42 Å². The topological polar surface area (TPSA) is 50.2 Å². The Hall–Kier alpha value is -2.82. The Balaban J connectivity index is 1.37. The van der Waals surface area contributed by atoms with Crippen molar-refractivity contribution < 1.29 is 4.79 Å². The predicted molar refractivity (Wildman–Crippen MR) is 128 cm³/mol. The van der Waals surface area contributed by atoms with E-state index in [1.165, 1.54) is 23.9 Å². The average Bonchev–Trinajstić information content (AvgIpc) is 3.18. The first-order valence-electron chi connectivity index (χ1n) is 11.7. The van der Waals surface area contributed by atoms with Crippen LogP contribution in [0.2, 0.25) is 0 Å². The molecule has 2 aromatic carbocycles. The van der Waals surface area contributed by atoms with Crippen LogP contribution in [0.1, 0.15) is 68.4 Å². The molecule has 5 nitrogen and oxygen atoms in total. The summed E-state index contributed by atoms with van der Waals surface area (Å²) < 4.78 is 2.33. The van der Waals surface area contributed by atoms with Gasteiger partial charge in [-0.1, -0.05) is 37.6 Å². The Bertz CT molecular complexity index is 1010. The van der Waals surface area contributed by atoms with Crippen LogP contribution >= 0.6 is 0 Å². The molecule has 5 heteroatoms. The minimum absolute atomic E-state index is 0.0370. The molecular weight excluding hydrogens is 384 g/mol. The first kappa shape index (κ1) is 21.4. The van der Waals surface area contributed by atoms with Gasteiger partial charge in [0, 0.05) is 30.7 Å². The Morgan fingerprint density at radius 2 is 1.81 bits per heavy atom. The summed E-state index contributed by atoms with van der Waals surface area (Å²) in [6.45, 7) is 8.41. The number of aromatic nitrogens is 2. The quantitative estimate of drug-likeness (QED) is 0.562. The molecule has 1 fully saturated rings. The van der Waals surface area contributed by atoms with Crippen LogP contribution in [-0.4, -0.2) is 34.6 Å². The van der Waals surface area contributed by atoms with Gasteiger partial charge >= 0.3 is 0 Å². The first-order chi connectivity index (χ1) is 15.1. The van der Waals surface area contributed by atoms with Crippen molar-refractivity contribution in [3.8, 4) is 0 Å². The molecule has 2 heterocycles. The number of benzene rings is 2. The lowest BCUT2D eigenvalue weighted by atomic mass is 10.0. The Morgan fingerprint density at radius 1 is 1.10 bits per heavy atom. The third-order valence-corrected chi connectivity index (χ3v) is 6.24. The Labute approximate surface area is 185 Å². The second-order valence-electron chi connectivity index (χ2n) is 8.90. The van der Waals surface area contributed by atoms with Crippen LogP contribution in [0.25, 0.3) is 11.0 Å². The zero-order chi connectivity index (χ0) is 21.8. The number of carbonyl (C=O) groups excluding carboxylic acids is 1. The number of amides is 1. The van der Waals surface area contributed by atoms with Crippen LogP contribution in [0, 0.1) is 0 Å². The fourth-order valence-corrected chi connectivity index (χ4v) is 4.46. The summed E-state index contributed by atoms with van der Waals surface area (Å²) in [5.41, 5.74) is 4.29. The maximum Gasteiger partial charge on any atom is 0.251 e. The number of nitrogens with one attached hydrogen (secondary N) is 1. The molecule has 0 saturated carbocycles. The van der Waals surface area contributed by atoms with E-state index in [1.807, 2.05) is 18.2 Å². The zero-order valence-electron chi connectivity index (χ0n) is 19.0. The van der Waals surface area contributed by atoms with Crippen molar-refractivity contribution in [3.63, 3.8) is 0 Å². The molecule has 1 aliphatic heterocycles. The van der Waals surface area contributed by atoms with Gasteiger partial charge in [-0.15, -0.1) is 0 Å². The van der Waals surface area contributed by atoms with Gasteiger partial charge in [0.2, 0.25) is 5.95 Å². The average molecular weight is 419 g/mol. The van der Waals surface area contributed by atoms with Crippen LogP contribution < -0.4 is 10.2 Å². The van der Waals surface area contributed by atoms with Crippen molar-refractivity contribution in [2.24, 2.45) is 0 Å². The number of hydrogen-bond donors (Lipinski definition) is 1. The molecule has 0 bridgehead atoms. The highest BCUT2D eigenvalue weighted by molar-refractivity contribution is 5.94. The van der Waals surface area contributed by atoms with E-state index >= 15 is 0 Å². The molecule has 0 spiro atoms. The maximum absolute atomic E-state index is 12.7. The summed E-state index contributed by atoms with van der Waals surface area (Å²) in [6.07, 6.45) is 5.32. The summed E-state index contributed by atoms with van der Waals surface area (Å²) in [5, 5.41) is 3.24. The van der Waals surface area contributed by atoms with Crippen LogP contribution in [0.4, 0.5) is 5.95 Å². The van der Waals surface area contributed by atoms with Gasteiger partial charge in [-0.2, -0.15) is 0 Å². The summed E-state index contributed by atoms with van der Waals surface area (Å²) in [6, 6.07) is 17.0. The lowest BCUT2D eigenvalue weighted by Crippen LogP contribution is -2.45. The number of rotatable bonds is 7. The second-order valence-corrected chi connectivity index (χ2v) is 8.90. The summed E-state index contributed by atoms with van der Waals surface area (Å²) in [4.78, 5) is 20.0. The minimum Gasteiger partial charge on any atom is -0.349 e. The number of imidazole rings is 1. The fraction of sp³-hybridized carbons (Fsp3) is 0.462. The number of unbranched alkanes of at least 4 members (excludes halogenated alkanes) is 1. The number of nitrogens with zero attached hydrogens (tertiary/aromatic N) is 3. The van der Waals surface area contributed by atoms with Crippen molar-refractivity contribution in [3.05, 3.63) is 59.7 Å². The van der Waals surface area contributed by atoms with Crippen LogP contribution in [0.3, 0.4) is 0 Å². The molecule has 1 saturated heterocycles. The molecule has 3 aromatic rings. The first-order valence-corrected chi connectivity index (χ1v) is 11.7. The predicted octanol–water partition coefficient (Wildman–Crippen LogP) is 5.36. The monoisotopic (exact) mass is 418 g/mol. The van der Waals surface area contributed by atoms with Crippen molar-refractivity contribution in [1.29, 1.82) is 0 Å². The number of aryl methyl sites for hydroxylation is 1. The molecule has 1 N–H and O–H groups in total. The molecule has 0 unspecified atom stereocenters. The smallest absolute Gasteiger partial charge is 0.251 e. The van der Waals surface area contributed by atoms with Gasteiger partial charge in [-0.05, 0) is 69.4 Å². The van der Waals surface area contributed by atoms with E-state index in [1.54, 1.807) is 0 Å². The maximum atomic E-state index is 12.7. The van der Waals surface area contributed by atoms with E-state index in [2.05, 4.69) is 65.9 Å². The van der Waals surface area contributed by atoms with Crippen molar-refractivity contribution in [1.82, 2.24) is 14.9 Å². The molecule has 1 aromatic heterocycles. The van der Waals surface area contributed by atoms with E-state index in [9.17, 15) is 4.79 Å². The molecule has 4 rings (SSSR count). The minimum atomic E-state index is 0.0370. The van der Waals surface area contributed by atoms with E-state index in [-0.39, 0.29) is 11.9 Å². The Kier molecular flexibility index (Phi) is 6.59. The summed E-state index contributed by atoms with van der Waals surface area (Å²) in [7, 11) is 0. The largest absolute Gasteiger partial charge is 0.349 e. The molecule has 1 aliphatic rings. The lowest BCUT2D eigenvalue weighted by molar-refractivity contribution is 0.0931. The number of para-hydroxylation sites is 2. The van der Waals surface area contributed by atoms with Gasteiger partial charge in [0.1, 0.15) is 0 Å². The van der Waals surface area contributed by atoms with Crippen molar-refractivity contribution in [2.75, 3.05) is 18.0 Å². The zero-order valence-corrected chi connectivity index (χ0v) is 19.0. The van der Waals surface area contributed by atoms with E-state index < -0.39 is 0 Å². The van der Waals surface area contributed by atoms with Crippen molar-refractivity contribution in [2.45, 2.75) is 65.0 Å². The molecular formula is C26H34N4O. The van der Waals surface area contributed by atoms with Gasteiger partial charge in [-0.25, -0.2) is 4.98 Å². The van der Waals surface area contributed by atoms with Gasteiger partial charge in [0.05, 0.1) is 11.0 Å². The molecule has 0 radical (unpaired) electrons. The SMILES string of the molecule is CCCCc1ccc(C(=O)NC2CCN(c3nc4ccccc4n3C(C)C)CC2)cc1. The summed E-state index contributed by atoms with van der Waals surface area (Å²) >= 11 is 0. The number of hydrogen-bond acceptors (Lipinski definition) is 3. The van der Waals surface area contributed by atoms with Gasteiger partial charge in [0.15, 0.2) is 0 Å². The molecule has 31 heavy (non-hydrogen) atoms. The highest BCUT2D eigenvalue weighted by atomic mass is 16.1. The number of carbonyl (C=O) groups is 1. The molecule has 0 atom stereocenters. The van der Waals surface area contributed by atoms with Crippen molar-refractivity contribution >= 4 is 22.9 Å². The third-order valence-electron chi connectivity index (χ3n) is 6.24. The number of piperidine rings is 1. The second kappa shape index (κ2) is 9.54. The highest BCUT2D eigenvalue weighted by Gasteiger charge is 2.25. The van der Waals surface area contributed by atoms with Crippen LogP contribution in [0.15, 0.2) is 48.5 Å². The van der Waals surface area contributed by atoms with Gasteiger partial charge in [-0.3, -0.25) is 4.79 Å². The number of fused-ring (bicyclic) bond motifs is 1. The standard InChI is InChI=1S/C26H34N4O/c1-4-5-8-20-11-13-21(14-12-20)25(31)27-22-15-17-29(18-16-22)26-28-23-9-6-7-10-24(23)30(26)19(2)3/h6-7,9-14,19,22H,4-5,8,15-18H2,1-3H3,(H,27,31). The third kappa shape index (κ3) is 4.76. The molecule has 164 valence electrons. The van der Waals surface area contributed by atoms with E-state index in [0.29, 0.717) is 6.04 Å². The highest BCUT2D eigenvalue weighted by Crippen LogP contribution is 2.28.